The Morgan fingerprint density at radius 1 is 1.25 bits per heavy atom. The molecule has 0 atom stereocenters. The number of amides is 1. The van der Waals surface area contributed by atoms with Crippen molar-refractivity contribution in [2.45, 2.75) is 51.0 Å². The summed E-state index contributed by atoms with van der Waals surface area (Å²) >= 11 is 1.29. The van der Waals surface area contributed by atoms with Crippen LogP contribution >= 0.6 is 11.3 Å². The number of ether oxygens (including phenoxy) is 1. The van der Waals surface area contributed by atoms with Crippen LogP contribution in [0.3, 0.4) is 0 Å². The van der Waals surface area contributed by atoms with Gasteiger partial charge in [-0.05, 0) is 43.0 Å². The molecule has 2 saturated carbocycles. The Morgan fingerprint density at radius 2 is 2.00 bits per heavy atom. The number of esters is 1. The summed E-state index contributed by atoms with van der Waals surface area (Å²) < 4.78 is 4.76. The molecule has 2 fully saturated rings. The van der Waals surface area contributed by atoms with Crippen molar-refractivity contribution in [1.29, 1.82) is 0 Å². The molecule has 2 aliphatic rings. The van der Waals surface area contributed by atoms with Gasteiger partial charge in [-0.15, -0.1) is 11.3 Å². The Balaban J connectivity index is 1.60. The van der Waals surface area contributed by atoms with Gasteiger partial charge in [0.2, 0.25) is 5.91 Å². The molecule has 0 saturated heterocycles. The third-order valence-electron chi connectivity index (χ3n) is 4.94. The Morgan fingerprint density at radius 3 is 2.67 bits per heavy atom. The summed E-state index contributed by atoms with van der Waals surface area (Å²) in [7, 11) is 1.36. The first-order valence-electron chi connectivity index (χ1n) is 8.87. The number of thiophene rings is 1. The van der Waals surface area contributed by atoms with Gasteiger partial charge in [0.05, 0.1) is 19.3 Å². The molecule has 3 rings (SSSR count). The third-order valence-corrected chi connectivity index (χ3v) is 5.83. The molecule has 1 aromatic rings. The van der Waals surface area contributed by atoms with Gasteiger partial charge in [-0.1, -0.05) is 19.3 Å². The van der Waals surface area contributed by atoms with Crippen LogP contribution in [0.2, 0.25) is 0 Å². The molecule has 0 bridgehead atoms. The summed E-state index contributed by atoms with van der Waals surface area (Å²) in [6.45, 7) is 1.45. The van der Waals surface area contributed by atoms with E-state index in [-0.39, 0.29) is 5.91 Å². The minimum absolute atomic E-state index is 0.0372. The molecule has 24 heavy (non-hydrogen) atoms. The number of rotatable bonds is 7. The maximum atomic E-state index is 12.5. The number of nitrogens with zero attached hydrogens (tertiary/aromatic N) is 1. The molecule has 0 radical (unpaired) electrons. The van der Waals surface area contributed by atoms with Gasteiger partial charge in [0.15, 0.2) is 0 Å². The highest BCUT2D eigenvalue weighted by Gasteiger charge is 2.30. The van der Waals surface area contributed by atoms with Gasteiger partial charge in [0, 0.05) is 12.6 Å². The van der Waals surface area contributed by atoms with E-state index in [0.717, 1.165) is 12.5 Å². The lowest BCUT2D eigenvalue weighted by Gasteiger charge is -2.34. The van der Waals surface area contributed by atoms with Crippen LogP contribution in [0.25, 0.3) is 0 Å². The monoisotopic (exact) mass is 350 g/mol. The second-order valence-electron chi connectivity index (χ2n) is 6.87. The van der Waals surface area contributed by atoms with Gasteiger partial charge in [0.25, 0.3) is 0 Å². The lowest BCUT2D eigenvalue weighted by Crippen LogP contribution is -2.43. The summed E-state index contributed by atoms with van der Waals surface area (Å²) in [6.07, 6.45) is 8.84. The van der Waals surface area contributed by atoms with Gasteiger partial charge < -0.3 is 10.1 Å². The van der Waals surface area contributed by atoms with Crippen molar-refractivity contribution in [2.75, 3.05) is 25.5 Å². The highest BCUT2D eigenvalue weighted by Crippen LogP contribution is 2.32. The second-order valence-corrected chi connectivity index (χ2v) is 7.78. The first-order valence-corrected chi connectivity index (χ1v) is 9.75. The predicted octanol–water partition coefficient (Wildman–Crippen LogP) is 3.52. The van der Waals surface area contributed by atoms with Crippen molar-refractivity contribution in [3.8, 4) is 0 Å². The number of hydrogen-bond donors (Lipinski definition) is 1. The highest BCUT2D eigenvalue weighted by molar-refractivity contribution is 7.12. The van der Waals surface area contributed by atoms with Crippen molar-refractivity contribution in [1.82, 2.24) is 4.90 Å². The summed E-state index contributed by atoms with van der Waals surface area (Å²) in [5.74, 6) is 0.332. The first kappa shape index (κ1) is 17.4. The Labute approximate surface area is 147 Å². The lowest BCUT2D eigenvalue weighted by molar-refractivity contribution is -0.118. The molecule has 2 aliphatic carbocycles. The zero-order valence-electron chi connectivity index (χ0n) is 14.3. The van der Waals surface area contributed by atoms with Crippen LogP contribution in [0, 0.1) is 5.92 Å². The second kappa shape index (κ2) is 8.12. The molecular formula is C18H26N2O3S. The molecule has 1 heterocycles. The predicted molar refractivity (Wildman–Crippen MR) is 95.5 cm³/mol. The van der Waals surface area contributed by atoms with Crippen molar-refractivity contribution in [3.05, 3.63) is 16.3 Å². The Hall–Kier alpha value is -1.40. The fourth-order valence-electron chi connectivity index (χ4n) is 3.45. The molecule has 0 aromatic carbocycles. The maximum absolute atomic E-state index is 12.5. The average Bonchev–Trinajstić information content (AvgIpc) is 3.30. The smallest absolute Gasteiger partial charge is 0.350 e. The van der Waals surface area contributed by atoms with Crippen LogP contribution in [-0.4, -0.2) is 43.0 Å². The maximum Gasteiger partial charge on any atom is 0.350 e. The summed E-state index contributed by atoms with van der Waals surface area (Å²) in [5.41, 5.74) is 0.562. The molecule has 0 spiro atoms. The van der Waals surface area contributed by atoms with Crippen molar-refractivity contribution >= 4 is 28.9 Å². The van der Waals surface area contributed by atoms with E-state index >= 15 is 0 Å². The van der Waals surface area contributed by atoms with Crippen LogP contribution in [-0.2, 0) is 9.53 Å². The molecule has 1 amide bonds. The quantitative estimate of drug-likeness (QED) is 0.765. The lowest BCUT2D eigenvalue weighted by atomic mass is 9.94. The molecule has 132 valence electrons. The van der Waals surface area contributed by atoms with Gasteiger partial charge in [-0.2, -0.15) is 0 Å². The zero-order chi connectivity index (χ0) is 16.9. The zero-order valence-corrected chi connectivity index (χ0v) is 15.1. The van der Waals surface area contributed by atoms with Crippen molar-refractivity contribution < 1.29 is 14.3 Å². The van der Waals surface area contributed by atoms with E-state index in [9.17, 15) is 9.59 Å². The average molecular weight is 350 g/mol. The highest BCUT2D eigenvalue weighted by atomic mass is 32.1. The van der Waals surface area contributed by atoms with Gasteiger partial charge >= 0.3 is 5.97 Å². The molecule has 1 aromatic heterocycles. The van der Waals surface area contributed by atoms with E-state index in [4.69, 9.17) is 4.74 Å². The van der Waals surface area contributed by atoms with E-state index < -0.39 is 5.97 Å². The van der Waals surface area contributed by atoms with E-state index in [1.807, 2.05) is 0 Å². The number of anilines is 1. The molecule has 0 aliphatic heterocycles. The van der Waals surface area contributed by atoms with Gasteiger partial charge in [-0.25, -0.2) is 4.79 Å². The third kappa shape index (κ3) is 4.57. The van der Waals surface area contributed by atoms with E-state index in [1.54, 1.807) is 11.4 Å². The molecule has 0 unspecified atom stereocenters. The molecule has 1 N–H and O–H groups in total. The normalized spacial score (nSPS) is 18.6. The number of carbonyl (C=O) groups excluding carboxylic acids is 2. The number of nitrogens with one attached hydrogen (secondary N) is 1. The molecule has 6 heteroatoms. The number of methoxy groups -OCH3 is 1. The first-order chi connectivity index (χ1) is 11.7. The summed E-state index contributed by atoms with van der Waals surface area (Å²) in [6, 6.07) is 2.30. The fraction of sp³-hybridized carbons (Fsp3) is 0.667. The number of carbonyl (C=O) groups is 2. The SMILES string of the molecule is COC(=O)c1sccc1NC(=O)CN(CC1CC1)C1CCCCC1. The van der Waals surface area contributed by atoms with E-state index in [0.29, 0.717) is 23.2 Å². The van der Waals surface area contributed by atoms with Crippen LogP contribution in [0.1, 0.15) is 54.6 Å². The van der Waals surface area contributed by atoms with Crippen LogP contribution in [0.15, 0.2) is 11.4 Å². The number of hydrogen-bond acceptors (Lipinski definition) is 5. The minimum atomic E-state index is -0.401. The van der Waals surface area contributed by atoms with Crippen molar-refractivity contribution in [3.63, 3.8) is 0 Å². The van der Waals surface area contributed by atoms with Crippen molar-refractivity contribution in [2.24, 2.45) is 5.92 Å². The topological polar surface area (TPSA) is 58.6 Å². The summed E-state index contributed by atoms with van der Waals surface area (Å²) in [5, 5.41) is 4.69. The standard InChI is InChI=1S/C18H26N2O3S/c1-23-18(22)17-15(9-10-24-17)19-16(21)12-20(11-13-7-8-13)14-5-3-2-4-6-14/h9-10,13-14H,2-8,11-12H2,1H3,(H,19,21). The van der Waals surface area contributed by atoms with Gasteiger partial charge in [0.1, 0.15) is 4.88 Å². The molecular weight excluding hydrogens is 324 g/mol. The Bertz CT molecular complexity index is 577. The van der Waals surface area contributed by atoms with E-state index in [2.05, 4.69) is 10.2 Å². The minimum Gasteiger partial charge on any atom is -0.465 e. The molecule has 5 nitrogen and oxygen atoms in total. The van der Waals surface area contributed by atoms with E-state index in [1.165, 1.54) is 63.4 Å². The largest absolute Gasteiger partial charge is 0.465 e. The van der Waals surface area contributed by atoms with Crippen LogP contribution in [0.4, 0.5) is 5.69 Å². The van der Waals surface area contributed by atoms with Crippen LogP contribution < -0.4 is 5.32 Å². The Kier molecular flexibility index (Phi) is 5.89. The fourth-order valence-corrected chi connectivity index (χ4v) is 4.22. The van der Waals surface area contributed by atoms with Crippen LogP contribution in [0.5, 0.6) is 0 Å². The van der Waals surface area contributed by atoms with Gasteiger partial charge in [-0.3, -0.25) is 9.69 Å². The summed E-state index contributed by atoms with van der Waals surface area (Å²) in [4.78, 5) is 27.1.